The molecule has 0 saturated heterocycles. The maximum atomic E-state index is 15.0. The maximum absolute atomic E-state index is 15.0. The van der Waals surface area contributed by atoms with E-state index < -0.39 is 5.82 Å². The summed E-state index contributed by atoms with van der Waals surface area (Å²) in [5.41, 5.74) is 3.10. The van der Waals surface area contributed by atoms with E-state index in [9.17, 15) is 0 Å². The number of fused-ring (bicyclic) bond motifs is 1. The number of halogens is 2. The molecule has 0 saturated carbocycles. The third kappa shape index (κ3) is 3.14. The molecule has 0 aliphatic heterocycles. The van der Waals surface area contributed by atoms with Crippen molar-refractivity contribution in [3.63, 3.8) is 0 Å². The maximum Gasteiger partial charge on any atom is 0.217 e. The van der Waals surface area contributed by atoms with Gasteiger partial charge < -0.3 is 9.30 Å². The highest BCUT2D eigenvalue weighted by Crippen LogP contribution is 2.43. The zero-order valence-corrected chi connectivity index (χ0v) is 17.5. The third-order valence-corrected chi connectivity index (χ3v) is 5.40. The number of rotatable bonds is 4. The fourth-order valence-electron chi connectivity index (χ4n) is 3.74. The van der Waals surface area contributed by atoms with Gasteiger partial charge >= 0.3 is 0 Å². The number of aromatic nitrogens is 5. The summed E-state index contributed by atoms with van der Waals surface area (Å²) in [7, 11) is 3.37. The van der Waals surface area contributed by atoms with E-state index in [0.29, 0.717) is 34.0 Å². The molecule has 5 rings (SSSR count). The van der Waals surface area contributed by atoms with Gasteiger partial charge in [0.25, 0.3) is 0 Å². The zero-order valence-electron chi connectivity index (χ0n) is 16.8. The summed E-state index contributed by atoms with van der Waals surface area (Å²) < 4.78 is 23.9. The number of methoxy groups -OCH3 is 1. The number of aryl methyl sites for hydroxylation is 1. The van der Waals surface area contributed by atoms with E-state index in [-0.39, 0.29) is 5.15 Å². The molecule has 6 nitrogen and oxygen atoms in total. The molecule has 31 heavy (non-hydrogen) atoms. The van der Waals surface area contributed by atoms with Crippen LogP contribution in [0.1, 0.15) is 0 Å². The number of hydrogen-bond acceptors (Lipinski definition) is 4. The Balaban J connectivity index is 1.88. The molecule has 8 heteroatoms. The van der Waals surface area contributed by atoms with Crippen LogP contribution >= 0.6 is 11.6 Å². The van der Waals surface area contributed by atoms with E-state index in [1.807, 2.05) is 37.4 Å². The Labute approximate surface area is 182 Å². The summed E-state index contributed by atoms with van der Waals surface area (Å²) in [6, 6.07) is 14.4. The predicted octanol–water partition coefficient (Wildman–Crippen LogP) is 5.26. The highest BCUT2D eigenvalue weighted by molar-refractivity contribution is 6.34. The molecule has 0 aliphatic rings. The minimum absolute atomic E-state index is 0.244. The number of hydrogen-bond donors (Lipinski definition) is 0. The second-order valence-corrected chi connectivity index (χ2v) is 7.34. The predicted molar refractivity (Wildman–Crippen MR) is 118 cm³/mol. The molecular formula is C23H17ClFN5O. The molecule has 2 aromatic carbocycles. The van der Waals surface area contributed by atoms with Gasteiger partial charge in [-0.05, 0) is 17.7 Å². The van der Waals surface area contributed by atoms with Crippen LogP contribution in [0.5, 0.6) is 5.75 Å². The van der Waals surface area contributed by atoms with Gasteiger partial charge in [0.1, 0.15) is 17.1 Å². The van der Waals surface area contributed by atoms with Gasteiger partial charge in [0.05, 0.1) is 12.7 Å². The summed E-state index contributed by atoms with van der Waals surface area (Å²) in [5.74, 6) is 0.956. The zero-order chi connectivity index (χ0) is 21.5. The Kier molecular flexibility index (Phi) is 4.67. The summed E-state index contributed by atoms with van der Waals surface area (Å²) in [6.45, 7) is 0. The number of ether oxygens (including phenoxy) is 1. The topological polar surface area (TPSA) is 57.2 Å². The van der Waals surface area contributed by atoms with Crippen molar-refractivity contribution in [3.05, 3.63) is 78.1 Å². The average Bonchev–Trinajstić information content (AvgIpc) is 3.37. The largest absolute Gasteiger partial charge is 0.496 e. The van der Waals surface area contributed by atoms with Crippen LogP contribution in [0.15, 0.2) is 67.1 Å². The van der Waals surface area contributed by atoms with Gasteiger partial charge in [-0.15, -0.1) is 5.10 Å². The Hall–Kier alpha value is -3.71. The standard InChI is InChI=1S/C23H17ClFN5O/c1-29-12-11-26-23(29)22-27-21(24)20-18(14-7-4-3-5-8-14)15(13-30(20)28-22)19-16(25)9-6-10-17(19)31-2/h3-13H,1-2H3. The fraction of sp³-hybridized carbons (Fsp3) is 0.0870. The molecule has 0 bridgehead atoms. The van der Waals surface area contributed by atoms with Gasteiger partial charge in [-0.3, -0.25) is 0 Å². The van der Waals surface area contributed by atoms with E-state index in [1.54, 1.807) is 39.8 Å². The molecule has 5 aromatic rings. The SMILES string of the molecule is COc1cccc(F)c1-c1cn2nc(-c3nccn3C)nc(Cl)c2c1-c1ccccc1. The number of benzene rings is 2. The fourth-order valence-corrected chi connectivity index (χ4v) is 4.00. The van der Waals surface area contributed by atoms with Crippen LogP contribution in [0, 0.1) is 5.82 Å². The van der Waals surface area contributed by atoms with Crippen molar-refractivity contribution >= 4 is 17.1 Å². The minimum atomic E-state index is -0.402. The molecule has 0 amide bonds. The summed E-state index contributed by atoms with van der Waals surface area (Å²) in [5, 5.41) is 4.88. The molecule has 3 heterocycles. The van der Waals surface area contributed by atoms with Gasteiger partial charge in [-0.25, -0.2) is 18.9 Å². The first-order valence-electron chi connectivity index (χ1n) is 9.53. The lowest BCUT2D eigenvalue weighted by atomic mass is 9.97. The van der Waals surface area contributed by atoms with Crippen LogP contribution < -0.4 is 4.74 Å². The van der Waals surface area contributed by atoms with Crippen molar-refractivity contribution in [3.8, 4) is 39.7 Å². The summed E-state index contributed by atoms with van der Waals surface area (Å²) >= 11 is 6.67. The average molecular weight is 434 g/mol. The monoisotopic (exact) mass is 433 g/mol. The summed E-state index contributed by atoms with van der Waals surface area (Å²) in [4.78, 5) is 8.79. The number of imidazole rings is 1. The van der Waals surface area contributed by atoms with Crippen molar-refractivity contribution in [2.45, 2.75) is 0 Å². The lowest BCUT2D eigenvalue weighted by molar-refractivity contribution is 0.413. The minimum Gasteiger partial charge on any atom is -0.496 e. The van der Waals surface area contributed by atoms with Crippen molar-refractivity contribution in [2.24, 2.45) is 7.05 Å². The Morgan fingerprint density at radius 3 is 2.55 bits per heavy atom. The van der Waals surface area contributed by atoms with Crippen LogP contribution in [-0.4, -0.2) is 31.3 Å². The molecule has 0 unspecified atom stereocenters. The lowest BCUT2D eigenvalue weighted by Gasteiger charge is -2.11. The van der Waals surface area contributed by atoms with Crippen molar-refractivity contribution < 1.29 is 9.13 Å². The molecule has 0 atom stereocenters. The third-order valence-electron chi connectivity index (χ3n) is 5.14. The van der Waals surface area contributed by atoms with E-state index in [4.69, 9.17) is 16.3 Å². The van der Waals surface area contributed by atoms with Crippen LogP contribution in [0.4, 0.5) is 4.39 Å². The molecule has 154 valence electrons. The highest BCUT2D eigenvalue weighted by Gasteiger charge is 2.24. The smallest absolute Gasteiger partial charge is 0.217 e. The van der Waals surface area contributed by atoms with Gasteiger partial charge in [-0.2, -0.15) is 0 Å². The first-order valence-corrected chi connectivity index (χ1v) is 9.91. The number of nitrogens with zero attached hydrogens (tertiary/aromatic N) is 5. The van der Waals surface area contributed by atoms with E-state index in [1.165, 1.54) is 13.2 Å². The molecule has 0 aliphatic carbocycles. The second kappa shape index (κ2) is 7.52. The molecule has 0 fully saturated rings. The lowest BCUT2D eigenvalue weighted by Crippen LogP contribution is -2.02. The van der Waals surface area contributed by atoms with E-state index in [0.717, 1.165) is 11.1 Å². The van der Waals surface area contributed by atoms with Gasteiger partial charge in [0.15, 0.2) is 11.0 Å². The molecule has 0 spiro atoms. The summed E-state index contributed by atoms with van der Waals surface area (Å²) in [6.07, 6.45) is 5.22. The second-order valence-electron chi connectivity index (χ2n) is 6.98. The molecule has 0 radical (unpaired) electrons. The van der Waals surface area contributed by atoms with Gasteiger partial charge in [-0.1, -0.05) is 48.0 Å². The van der Waals surface area contributed by atoms with Crippen molar-refractivity contribution in [2.75, 3.05) is 7.11 Å². The highest BCUT2D eigenvalue weighted by atomic mass is 35.5. The van der Waals surface area contributed by atoms with Crippen LogP contribution in [0.25, 0.3) is 39.4 Å². The van der Waals surface area contributed by atoms with Crippen LogP contribution in [-0.2, 0) is 7.05 Å². The molecular weight excluding hydrogens is 417 g/mol. The Morgan fingerprint density at radius 2 is 1.84 bits per heavy atom. The molecule has 0 N–H and O–H groups in total. The molecule has 3 aromatic heterocycles. The van der Waals surface area contributed by atoms with Crippen molar-refractivity contribution in [1.29, 1.82) is 0 Å². The van der Waals surface area contributed by atoms with Gasteiger partial charge in [0.2, 0.25) is 5.82 Å². The normalized spacial score (nSPS) is 11.2. The van der Waals surface area contributed by atoms with Crippen molar-refractivity contribution in [1.82, 2.24) is 24.1 Å². The quantitative estimate of drug-likeness (QED) is 0.387. The Morgan fingerprint density at radius 1 is 1.03 bits per heavy atom. The van der Waals surface area contributed by atoms with Crippen LogP contribution in [0.2, 0.25) is 5.15 Å². The Bertz CT molecular complexity index is 1410. The van der Waals surface area contributed by atoms with E-state index in [2.05, 4.69) is 15.1 Å². The van der Waals surface area contributed by atoms with Gasteiger partial charge in [0, 0.05) is 36.8 Å². The first-order chi connectivity index (χ1) is 15.1. The van der Waals surface area contributed by atoms with E-state index >= 15 is 4.39 Å². The van der Waals surface area contributed by atoms with Crippen LogP contribution in [0.3, 0.4) is 0 Å². The first kappa shape index (κ1) is 19.3.